The Kier molecular flexibility index (Phi) is 3.39. The molecular weight excluding hydrogens is 306 g/mol. The molecule has 0 fully saturated rings. The van der Waals surface area contributed by atoms with Crippen LogP contribution in [0, 0.1) is 0 Å². The lowest BCUT2D eigenvalue weighted by Crippen LogP contribution is -2.11. The lowest BCUT2D eigenvalue weighted by molar-refractivity contribution is 0.483. The van der Waals surface area contributed by atoms with E-state index in [9.17, 15) is 13.2 Å². The average molecular weight is 317 g/mol. The van der Waals surface area contributed by atoms with E-state index in [2.05, 4.69) is 15.3 Å². The Morgan fingerprint density at radius 2 is 1.73 bits per heavy atom. The molecule has 0 saturated heterocycles. The number of aromatic amines is 1. The van der Waals surface area contributed by atoms with Gasteiger partial charge in [0.05, 0.1) is 15.8 Å². The highest BCUT2D eigenvalue weighted by molar-refractivity contribution is 7.85. The first kappa shape index (κ1) is 14.2. The van der Waals surface area contributed by atoms with E-state index in [1.807, 2.05) is 0 Å². The van der Waals surface area contributed by atoms with Gasteiger partial charge >= 0.3 is 0 Å². The molecule has 0 radical (unpaired) electrons. The Hall–Kier alpha value is -2.71. The third kappa shape index (κ3) is 2.83. The third-order valence-corrected chi connectivity index (χ3v) is 3.90. The Labute approximate surface area is 125 Å². The smallest absolute Gasteiger partial charge is 0.294 e. The van der Waals surface area contributed by atoms with E-state index in [4.69, 9.17) is 4.55 Å². The maximum Gasteiger partial charge on any atom is 0.294 e. The van der Waals surface area contributed by atoms with Crippen LogP contribution in [0.1, 0.15) is 0 Å². The molecule has 7 nitrogen and oxygen atoms in total. The zero-order valence-electron chi connectivity index (χ0n) is 11.1. The number of hydrogen-bond donors (Lipinski definition) is 3. The number of para-hydroxylation sites is 1. The number of H-pyrrole nitrogens is 1. The van der Waals surface area contributed by atoms with Crippen LogP contribution in [-0.4, -0.2) is 22.9 Å². The molecule has 0 saturated carbocycles. The fourth-order valence-electron chi connectivity index (χ4n) is 1.99. The van der Waals surface area contributed by atoms with Crippen LogP contribution in [0.15, 0.2) is 58.2 Å². The number of fused-ring (bicyclic) bond motifs is 1. The van der Waals surface area contributed by atoms with Gasteiger partial charge in [-0.25, -0.2) is 4.98 Å². The van der Waals surface area contributed by atoms with Gasteiger partial charge in [-0.1, -0.05) is 12.1 Å². The van der Waals surface area contributed by atoms with Crippen molar-refractivity contribution in [3.8, 4) is 0 Å². The number of nitrogens with one attached hydrogen (secondary N) is 2. The molecule has 0 aliphatic carbocycles. The van der Waals surface area contributed by atoms with Crippen molar-refractivity contribution in [1.82, 2.24) is 9.97 Å². The van der Waals surface area contributed by atoms with Gasteiger partial charge in [0.1, 0.15) is 0 Å². The second kappa shape index (κ2) is 5.24. The Bertz CT molecular complexity index is 995. The quantitative estimate of drug-likeness (QED) is 0.636. The van der Waals surface area contributed by atoms with Crippen LogP contribution in [-0.2, 0) is 10.1 Å². The van der Waals surface area contributed by atoms with Crippen LogP contribution in [0.3, 0.4) is 0 Å². The molecule has 3 rings (SSSR count). The molecule has 0 unspecified atom stereocenters. The van der Waals surface area contributed by atoms with Gasteiger partial charge < -0.3 is 5.32 Å². The van der Waals surface area contributed by atoms with Crippen molar-refractivity contribution in [2.45, 2.75) is 4.90 Å². The molecule has 1 heterocycles. The summed E-state index contributed by atoms with van der Waals surface area (Å²) in [6.07, 6.45) is 0. The second-order valence-corrected chi connectivity index (χ2v) is 5.98. The average Bonchev–Trinajstić information content (AvgIpc) is 2.47. The maximum absolute atomic E-state index is 11.9. The van der Waals surface area contributed by atoms with Crippen molar-refractivity contribution in [3.05, 3.63) is 58.9 Å². The lowest BCUT2D eigenvalue weighted by Gasteiger charge is -2.06. The number of nitrogens with zero attached hydrogens (tertiary/aromatic N) is 1. The van der Waals surface area contributed by atoms with Gasteiger partial charge in [-0.3, -0.25) is 14.3 Å². The molecule has 1 aromatic heterocycles. The molecule has 3 aromatic rings. The van der Waals surface area contributed by atoms with E-state index in [1.54, 1.807) is 24.3 Å². The van der Waals surface area contributed by atoms with Crippen molar-refractivity contribution >= 4 is 32.7 Å². The number of rotatable bonds is 3. The van der Waals surface area contributed by atoms with E-state index in [1.165, 1.54) is 24.3 Å². The zero-order chi connectivity index (χ0) is 15.7. The summed E-state index contributed by atoms with van der Waals surface area (Å²) in [5.74, 6) is 0.239. The van der Waals surface area contributed by atoms with E-state index in [0.29, 0.717) is 16.6 Å². The van der Waals surface area contributed by atoms with Gasteiger partial charge in [0.15, 0.2) is 0 Å². The topological polar surface area (TPSA) is 112 Å². The summed E-state index contributed by atoms with van der Waals surface area (Å²) in [4.78, 5) is 18.6. The van der Waals surface area contributed by atoms with Gasteiger partial charge in [0.25, 0.3) is 15.7 Å². The van der Waals surface area contributed by atoms with Gasteiger partial charge in [0, 0.05) is 5.69 Å². The fraction of sp³-hybridized carbons (Fsp3) is 0. The summed E-state index contributed by atoms with van der Waals surface area (Å²) in [5, 5.41) is 3.35. The van der Waals surface area contributed by atoms with Crippen molar-refractivity contribution < 1.29 is 13.0 Å². The van der Waals surface area contributed by atoms with E-state index in [0.717, 1.165) is 0 Å². The molecule has 0 atom stereocenters. The van der Waals surface area contributed by atoms with Gasteiger partial charge in [-0.05, 0) is 36.4 Å². The van der Waals surface area contributed by atoms with E-state index < -0.39 is 10.1 Å². The van der Waals surface area contributed by atoms with Crippen LogP contribution in [0.2, 0.25) is 0 Å². The number of aromatic nitrogens is 2. The SMILES string of the molecule is O=c1[nH]c(Nc2ccc(S(=O)(=O)O)cc2)nc2ccccc12. The highest BCUT2D eigenvalue weighted by atomic mass is 32.2. The van der Waals surface area contributed by atoms with Crippen molar-refractivity contribution in [3.63, 3.8) is 0 Å². The summed E-state index contributed by atoms with van der Waals surface area (Å²) in [7, 11) is -4.23. The minimum atomic E-state index is -4.23. The van der Waals surface area contributed by atoms with Gasteiger partial charge in [-0.15, -0.1) is 0 Å². The second-order valence-electron chi connectivity index (χ2n) is 4.56. The first-order chi connectivity index (χ1) is 10.4. The first-order valence-corrected chi connectivity index (χ1v) is 7.71. The van der Waals surface area contributed by atoms with Gasteiger partial charge in [-0.2, -0.15) is 8.42 Å². The zero-order valence-corrected chi connectivity index (χ0v) is 12.0. The van der Waals surface area contributed by atoms with E-state index >= 15 is 0 Å². The number of benzene rings is 2. The van der Waals surface area contributed by atoms with Crippen LogP contribution in [0.4, 0.5) is 11.6 Å². The summed E-state index contributed by atoms with van der Waals surface area (Å²) >= 11 is 0. The maximum atomic E-state index is 11.9. The third-order valence-electron chi connectivity index (χ3n) is 3.03. The monoisotopic (exact) mass is 317 g/mol. The molecular formula is C14H11N3O4S. The Balaban J connectivity index is 1.95. The van der Waals surface area contributed by atoms with Crippen LogP contribution in [0.5, 0.6) is 0 Å². The summed E-state index contributed by atoms with van der Waals surface area (Å²) in [6.45, 7) is 0. The fourth-order valence-corrected chi connectivity index (χ4v) is 2.47. The highest BCUT2D eigenvalue weighted by Crippen LogP contribution is 2.17. The Morgan fingerprint density at radius 3 is 2.41 bits per heavy atom. The molecule has 0 aliphatic rings. The van der Waals surface area contributed by atoms with Crippen molar-refractivity contribution in [1.29, 1.82) is 0 Å². The van der Waals surface area contributed by atoms with Gasteiger partial charge in [0.2, 0.25) is 5.95 Å². The summed E-state index contributed by atoms with van der Waals surface area (Å²) in [5.41, 5.74) is 0.789. The standard InChI is InChI=1S/C14H11N3O4S/c18-13-11-3-1-2-4-12(11)16-14(17-13)15-9-5-7-10(8-6-9)22(19,20)21/h1-8H,(H,19,20,21)(H2,15,16,17,18). The summed E-state index contributed by atoms with van der Waals surface area (Å²) in [6, 6.07) is 12.3. The summed E-state index contributed by atoms with van der Waals surface area (Å²) < 4.78 is 30.9. The van der Waals surface area contributed by atoms with Crippen LogP contribution >= 0.6 is 0 Å². The van der Waals surface area contributed by atoms with Crippen molar-refractivity contribution in [2.75, 3.05) is 5.32 Å². The highest BCUT2D eigenvalue weighted by Gasteiger charge is 2.09. The predicted octanol–water partition coefficient (Wildman–Crippen LogP) is 1.91. The molecule has 22 heavy (non-hydrogen) atoms. The minimum Gasteiger partial charge on any atom is -0.326 e. The molecule has 0 bridgehead atoms. The predicted molar refractivity (Wildman–Crippen MR) is 81.9 cm³/mol. The number of hydrogen-bond acceptors (Lipinski definition) is 5. The molecule has 0 spiro atoms. The molecule has 3 N–H and O–H groups in total. The largest absolute Gasteiger partial charge is 0.326 e. The Morgan fingerprint density at radius 1 is 1.05 bits per heavy atom. The lowest BCUT2D eigenvalue weighted by atomic mass is 10.2. The van der Waals surface area contributed by atoms with Crippen LogP contribution in [0.25, 0.3) is 10.9 Å². The molecule has 112 valence electrons. The molecule has 8 heteroatoms. The molecule has 0 amide bonds. The number of anilines is 2. The first-order valence-electron chi connectivity index (χ1n) is 6.27. The minimum absolute atomic E-state index is 0.210. The van der Waals surface area contributed by atoms with E-state index in [-0.39, 0.29) is 16.4 Å². The van der Waals surface area contributed by atoms with Crippen molar-refractivity contribution in [2.24, 2.45) is 0 Å². The molecule has 2 aromatic carbocycles. The normalized spacial score (nSPS) is 11.5. The molecule has 0 aliphatic heterocycles. The van der Waals surface area contributed by atoms with Crippen LogP contribution < -0.4 is 10.9 Å².